The lowest BCUT2D eigenvalue weighted by Crippen LogP contribution is -2.15. The number of anilines is 3. The Hall–Kier alpha value is -2.34. The Kier molecular flexibility index (Phi) is 3.29. The summed E-state index contributed by atoms with van der Waals surface area (Å²) in [6, 6.07) is 6.09. The molecular weight excluding hydrogens is 254 g/mol. The van der Waals surface area contributed by atoms with Crippen molar-refractivity contribution in [2.45, 2.75) is 0 Å². The average Bonchev–Trinajstić information content (AvgIpc) is 2.28. The smallest absolute Gasteiger partial charge is 0.258 e. The van der Waals surface area contributed by atoms with Gasteiger partial charge in [-0.15, -0.1) is 0 Å². The molecule has 0 atom stereocenters. The lowest BCUT2D eigenvalue weighted by molar-refractivity contribution is 0.102. The van der Waals surface area contributed by atoms with Crippen molar-refractivity contribution in [3.63, 3.8) is 0 Å². The van der Waals surface area contributed by atoms with Gasteiger partial charge in [0.15, 0.2) is 0 Å². The van der Waals surface area contributed by atoms with Crippen molar-refractivity contribution in [2.75, 3.05) is 16.8 Å². The number of aromatic nitrogens is 2. The van der Waals surface area contributed by atoms with Gasteiger partial charge in [-0.2, -0.15) is 0 Å². The molecule has 6 nitrogen and oxygen atoms in total. The van der Waals surface area contributed by atoms with Crippen LogP contribution < -0.4 is 16.8 Å². The quantitative estimate of drug-likeness (QED) is 0.563. The lowest BCUT2D eigenvalue weighted by Gasteiger charge is -2.07. The number of nitrogens with zero attached hydrogens (tertiary/aromatic N) is 2. The fourth-order valence-corrected chi connectivity index (χ4v) is 1.52. The van der Waals surface area contributed by atoms with Gasteiger partial charge < -0.3 is 16.8 Å². The van der Waals surface area contributed by atoms with E-state index in [1.165, 1.54) is 18.5 Å². The molecule has 5 N–H and O–H groups in total. The van der Waals surface area contributed by atoms with E-state index in [0.29, 0.717) is 22.8 Å². The highest BCUT2D eigenvalue weighted by Gasteiger charge is 2.10. The minimum absolute atomic E-state index is 0.241. The molecule has 1 heterocycles. The highest BCUT2D eigenvalue weighted by molar-refractivity contribution is 6.29. The molecule has 1 amide bonds. The molecule has 1 aromatic heterocycles. The third kappa shape index (κ3) is 2.67. The van der Waals surface area contributed by atoms with Crippen LogP contribution in [0.25, 0.3) is 0 Å². The third-order valence-electron chi connectivity index (χ3n) is 2.20. The first-order valence-electron chi connectivity index (χ1n) is 5.00. The second-order valence-electron chi connectivity index (χ2n) is 3.53. The fraction of sp³-hybridized carbons (Fsp3) is 0. The third-order valence-corrected chi connectivity index (χ3v) is 2.40. The second-order valence-corrected chi connectivity index (χ2v) is 3.91. The van der Waals surface area contributed by atoms with Crippen LogP contribution >= 0.6 is 11.6 Å². The van der Waals surface area contributed by atoms with E-state index in [2.05, 4.69) is 15.3 Å². The highest BCUT2D eigenvalue weighted by atomic mass is 35.5. The van der Waals surface area contributed by atoms with Crippen LogP contribution in [0.1, 0.15) is 10.4 Å². The fourth-order valence-electron chi connectivity index (χ4n) is 1.37. The molecule has 18 heavy (non-hydrogen) atoms. The molecule has 0 aliphatic carbocycles. The van der Waals surface area contributed by atoms with E-state index in [1.54, 1.807) is 12.1 Å². The number of nitrogens with one attached hydrogen (secondary N) is 1. The summed E-state index contributed by atoms with van der Waals surface area (Å²) in [7, 11) is 0. The predicted molar refractivity (Wildman–Crippen MR) is 70.3 cm³/mol. The summed E-state index contributed by atoms with van der Waals surface area (Å²) in [6.07, 6.45) is 1.25. The Balaban J connectivity index is 2.22. The summed E-state index contributed by atoms with van der Waals surface area (Å²) in [6.45, 7) is 0. The van der Waals surface area contributed by atoms with Crippen molar-refractivity contribution in [1.29, 1.82) is 0 Å². The van der Waals surface area contributed by atoms with E-state index >= 15 is 0 Å². The number of carbonyl (C=O) groups is 1. The molecule has 7 heteroatoms. The average molecular weight is 264 g/mol. The number of halogens is 1. The van der Waals surface area contributed by atoms with Gasteiger partial charge in [-0.3, -0.25) is 4.79 Å². The molecule has 1 aromatic carbocycles. The maximum Gasteiger partial charge on any atom is 0.258 e. The Morgan fingerprint density at radius 3 is 2.67 bits per heavy atom. The van der Waals surface area contributed by atoms with E-state index in [0.717, 1.165) is 0 Å². The maximum atomic E-state index is 11.9. The number of hydrogen-bond acceptors (Lipinski definition) is 5. The molecule has 0 saturated heterocycles. The minimum atomic E-state index is -0.387. The van der Waals surface area contributed by atoms with Gasteiger partial charge in [0.1, 0.15) is 17.3 Å². The second kappa shape index (κ2) is 4.89. The van der Waals surface area contributed by atoms with Gasteiger partial charge in [0, 0.05) is 17.4 Å². The summed E-state index contributed by atoms with van der Waals surface area (Å²) in [5.74, 6) is -0.0847. The Morgan fingerprint density at radius 1 is 1.22 bits per heavy atom. The zero-order valence-corrected chi connectivity index (χ0v) is 9.98. The van der Waals surface area contributed by atoms with Gasteiger partial charge in [0.2, 0.25) is 0 Å². The maximum absolute atomic E-state index is 11.9. The number of nitrogens with two attached hydrogens (primary N) is 2. The Morgan fingerprint density at radius 2 is 2.00 bits per heavy atom. The standard InChI is InChI=1S/C11H10ClN5O/c12-9-4-10(16-5-15-9)17-11(18)7-2-1-6(13)3-8(7)14/h1-5H,13-14H2,(H,15,16,17,18). The zero-order chi connectivity index (χ0) is 13.1. The van der Waals surface area contributed by atoms with Crippen LogP contribution in [0.3, 0.4) is 0 Å². The molecule has 2 rings (SSSR count). The number of nitrogen functional groups attached to an aromatic ring is 2. The van der Waals surface area contributed by atoms with Crippen LogP contribution in [0.4, 0.5) is 17.2 Å². The molecule has 0 saturated carbocycles. The van der Waals surface area contributed by atoms with Crippen molar-refractivity contribution in [1.82, 2.24) is 9.97 Å². The molecule has 92 valence electrons. The summed E-state index contributed by atoms with van der Waals surface area (Å²) >= 11 is 5.68. The topological polar surface area (TPSA) is 107 Å². The highest BCUT2D eigenvalue weighted by Crippen LogP contribution is 2.17. The molecule has 2 aromatic rings. The van der Waals surface area contributed by atoms with Gasteiger partial charge in [-0.1, -0.05) is 11.6 Å². The first kappa shape index (κ1) is 12.1. The molecule has 0 unspecified atom stereocenters. The number of carbonyl (C=O) groups excluding carboxylic acids is 1. The van der Waals surface area contributed by atoms with Crippen molar-refractivity contribution in [3.05, 3.63) is 41.3 Å². The van der Waals surface area contributed by atoms with Crippen molar-refractivity contribution < 1.29 is 4.79 Å². The van der Waals surface area contributed by atoms with Crippen molar-refractivity contribution >= 4 is 34.7 Å². The van der Waals surface area contributed by atoms with Gasteiger partial charge in [0.05, 0.1) is 5.56 Å². The summed E-state index contributed by atoms with van der Waals surface area (Å²) in [5, 5.41) is 2.81. The first-order valence-corrected chi connectivity index (χ1v) is 5.38. The number of benzene rings is 1. The number of hydrogen-bond donors (Lipinski definition) is 3. The van der Waals surface area contributed by atoms with Crippen LogP contribution in [-0.4, -0.2) is 15.9 Å². The van der Waals surface area contributed by atoms with Crippen LogP contribution in [0.5, 0.6) is 0 Å². The summed E-state index contributed by atoms with van der Waals surface area (Å²) in [4.78, 5) is 19.5. The van der Waals surface area contributed by atoms with E-state index in [9.17, 15) is 4.79 Å². The minimum Gasteiger partial charge on any atom is -0.399 e. The van der Waals surface area contributed by atoms with Crippen molar-refractivity contribution in [2.24, 2.45) is 0 Å². The van der Waals surface area contributed by atoms with Crippen LogP contribution in [0, 0.1) is 0 Å². The molecule has 0 aliphatic rings. The van der Waals surface area contributed by atoms with Gasteiger partial charge >= 0.3 is 0 Å². The summed E-state index contributed by atoms with van der Waals surface area (Å²) < 4.78 is 0. The van der Waals surface area contributed by atoms with Crippen molar-refractivity contribution in [3.8, 4) is 0 Å². The van der Waals surface area contributed by atoms with E-state index in [1.807, 2.05) is 0 Å². The monoisotopic (exact) mass is 263 g/mol. The molecule has 0 aliphatic heterocycles. The molecule has 0 radical (unpaired) electrons. The van der Waals surface area contributed by atoms with Crippen LogP contribution in [-0.2, 0) is 0 Å². The summed E-state index contributed by atoms with van der Waals surface area (Å²) in [5.41, 5.74) is 12.4. The number of rotatable bonds is 2. The van der Waals surface area contributed by atoms with Crippen LogP contribution in [0.15, 0.2) is 30.6 Å². The largest absolute Gasteiger partial charge is 0.399 e. The van der Waals surface area contributed by atoms with Gasteiger partial charge in [-0.25, -0.2) is 9.97 Å². The molecule has 0 fully saturated rings. The van der Waals surface area contributed by atoms with Gasteiger partial charge in [0.25, 0.3) is 5.91 Å². The van der Waals surface area contributed by atoms with E-state index < -0.39 is 0 Å². The SMILES string of the molecule is Nc1ccc(C(=O)Nc2cc(Cl)ncn2)c(N)c1. The van der Waals surface area contributed by atoms with Gasteiger partial charge in [-0.05, 0) is 18.2 Å². The zero-order valence-electron chi connectivity index (χ0n) is 9.22. The lowest BCUT2D eigenvalue weighted by atomic mass is 10.1. The number of amides is 1. The Labute approximate surface area is 108 Å². The molecular formula is C11H10ClN5O. The Bertz CT molecular complexity index is 602. The van der Waals surface area contributed by atoms with E-state index in [4.69, 9.17) is 23.1 Å². The molecule has 0 bridgehead atoms. The van der Waals surface area contributed by atoms with E-state index in [-0.39, 0.29) is 11.1 Å². The van der Waals surface area contributed by atoms with Crippen LogP contribution in [0.2, 0.25) is 5.15 Å². The predicted octanol–water partition coefficient (Wildman–Crippen LogP) is 1.55. The normalized spacial score (nSPS) is 10.1. The molecule has 0 spiro atoms. The first-order chi connectivity index (χ1) is 8.56.